The summed E-state index contributed by atoms with van der Waals surface area (Å²) in [4.78, 5) is 10.6. The highest BCUT2D eigenvalue weighted by Crippen LogP contribution is 2.16. The molecule has 1 heterocycles. The molecule has 0 saturated carbocycles. The maximum absolute atomic E-state index is 12.8. The number of aromatic nitrogens is 3. The van der Waals surface area contributed by atoms with Gasteiger partial charge in [0.25, 0.3) is 0 Å². The molecule has 18 heavy (non-hydrogen) atoms. The summed E-state index contributed by atoms with van der Waals surface area (Å²) in [6, 6.07) is 5.83. The van der Waals surface area contributed by atoms with Crippen LogP contribution >= 0.6 is 0 Å². The first-order valence-corrected chi connectivity index (χ1v) is 5.35. The fourth-order valence-electron chi connectivity index (χ4n) is 1.49. The van der Waals surface area contributed by atoms with Crippen molar-refractivity contribution in [3.05, 3.63) is 36.3 Å². The van der Waals surface area contributed by atoms with Crippen LogP contribution in [0.1, 0.15) is 6.92 Å². The number of aliphatic hydroxyl groups is 1. The molecule has 5 nitrogen and oxygen atoms in total. The highest BCUT2D eigenvalue weighted by molar-refractivity contribution is 5.61. The van der Waals surface area contributed by atoms with Crippen LogP contribution in [0.15, 0.2) is 30.5 Å². The van der Waals surface area contributed by atoms with Crippen LogP contribution in [0, 0.1) is 5.82 Å². The Morgan fingerprint density at radius 3 is 2.72 bits per heavy atom. The number of rotatable bonds is 4. The second-order valence-electron chi connectivity index (χ2n) is 4.28. The van der Waals surface area contributed by atoms with E-state index in [1.165, 1.54) is 23.7 Å². The molecular formula is C12H12FN3O2. The Morgan fingerprint density at radius 1 is 1.44 bits per heavy atom. The third kappa shape index (κ3) is 2.78. The van der Waals surface area contributed by atoms with Gasteiger partial charge in [0.15, 0.2) is 6.29 Å². The lowest BCUT2D eigenvalue weighted by Gasteiger charge is -2.14. The first-order chi connectivity index (χ1) is 8.50. The van der Waals surface area contributed by atoms with Crippen LogP contribution in [0.2, 0.25) is 0 Å². The maximum atomic E-state index is 12.8. The van der Waals surface area contributed by atoms with Crippen molar-refractivity contribution in [2.45, 2.75) is 19.1 Å². The van der Waals surface area contributed by atoms with E-state index in [0.717, 1.165) is 0 Å². The summed E-state index contributed by atoms with van der Waals surface area (Å²) in [6.07, 6.45) is 2.04. The number of benzene rings is 1. The summed E-state index contributed by atoms with van der Waals surface area (Å²) in [7, 11) is 0. The molecule has 94 valence electrons. The predicted octanol–water partition coefficient (Wildman–Crippen LogP) is 1.03. The van der Waals surface area contributed by atoms with Crippen molar-refractivity contribution in [3.8, 4) is 11.3 Å². The molecule has 0 spiro atoms. The summed E-state index contributed by atoms with van der Waals surface area (Å²) in [5, 5.41) is 17.3. The van der Waals surface area contributed by atoms with Crippen LogP contribution < -0.4 is 0 Å². The molecule has 0 unspecified atom stereocenters. The summed E-state index contributed by atoms with van der Waals surface area (Å²) in [5.41, 5.74) is -0.210. The normalized spacial score (nSPS) is 14.2. The van der Waals surface area contributed by atoms with E-state index in [4.69, 9.17) is 0 Å². The van der Waals surface area contributed by atoms with Gasteiger partial charge < -0.3 is 9.90 Å². The van der Waals surface area contributed by atoms with Gasteiger partial charge in [-0.1, -0.05) is 5.21 Å². The minimum Gasteiger partial charge on any atom is -0.381 e. The van der Waals surface area contributed by atoms with Crippen LogP contribution in [0.25, 0.3) is 11.3 Å². The van der Waals surface area contributed by atoms with E-state index in [0.29, 0.717) is 17.5 Å². The summed E-state index contributed by atoms with van der Waals surface area (Å²) in [6.45, 7) is 1.41. The third-order valence-corrected chi connectivity index (χ3v) is 2.41. The van der Waals surface area contributed by atoms with E-state index in [2.05, 4.69) is 10.3 Å². The molecule has 1 aromatic heterocycles. The van der Waals surface area contributed by atoms with E-state index in [-0.39, 0.29) is 12.4 Å². The molecule has 0 aliphatic carbocycles. The molecule has 0 bridgehead atoms. The monoisotopic (exact) mass is 249 g/mol. The van der Waals surface area contributed by atoms with Crippen molar-refractivity contribution in [3.63, 3.8) is 0 Å². The quantitative estimate of drug-likeness (QED) is 0.822. The van der Waals surface area contributed by atoms with Crippen LogP contribution in [0.3, 0.4) is 0 Å². The highest BCUT2D eigenvalue weighted by atomic mass is 19.1. The molecule has 0 fully saturated rings. The van der Waals surface area contributed by atoms with E-state index < -0.39 is 5.60 Å². The van der Waals surface area contributed by atoms with Gasteiger partial charge >= 0.3 is 0 Å². The van der Waals surface area contributed by atoms with Gasteiger partial charge in [-0.2, -0.15) is 0 Å². The summed E-state index contributed by atoms with van der Waals surface area (Å²) < 4.78 is 14.1. The minimum atomic E-state index is -1.48. The minimum absolute atomic E-state index is 0.0185. The molecule has 1 N–H and O–H groups in total. The van der Waals surface area contributed by atoms with E-state index in [9.17, 15) is 14.3 Å². The van der Waals surface area contributed by atoms with Crippen molar-refractivity contribution < 1.29 is 14.3 Å². The molecule has 0 radical (unpaired) electrons. The zero-order chi connectivity index (χ0) is 13.2. The van der Waals surface area contributed by atoms with Crippen LogP contribution in [0.4, 0.5) is 4.39 Å². The van der Waals surface area contributed by atoms with Gasteiger partial charge in [0.2, 0.25) is 0 Å². The number of carbonyl (C=O) groups is 1. The van der Waals surface area contributed by atoms with E-state index in [1.807, 2.05) is 0 Å². The number of carbonyl (C=O) groups excluding carboxylic acids is 1. The Bertz CT molecular complexity index is 549. The maximum Gasteiger partial charge on any atom is 0.153 e. The van der Waals surface area contributed by atoms with Crippen LogP contribution in [0.5, 0.6) is 0 Å². The van der Waals surface area contributed by atoms with Gasteiger partial charge in [0, 0.05) is 5.56 Å². The molecule has 0 saturated heterocycles. The second kappa shape index (κ2) is 4.66. The first-order valence-electron chi connectivity index (χ1n) is 5.35. The predicted molar refractivity (Wildman–Crippen MR) is 62.1 cm³/mol. The molecule has 2 aromatic rings. The van der Waals surface area contributed by atoms with Crippen molar-refractivity contribution in [1.29, 1.82) is 0 Å². The molecule has 6 heteroatoms. The Balaban J connectivity index is 2.20. The average molecular weight is 249 g/mol. The smallest absolute Gasteiger partial charge is 0.153 e. The fourth-order valence-corrected chi connectivity index (χ4v) is 1.49. The third-order valence-electron chi connectivity index (χ3n) is 2.41. The lowest BCUT2D eigenvalue weighted by atomic mass is 10.1. The van der Waals surface area contributed by atoms with Gasteiger partial charge in [-0.3, -0.25) is 0 Å². The molecule has 0 amide bonds. The van der Waals surface area contributed by atoms with E-state index in [1.54, 1.807) is 18.3 Å². The summed E-state index contributed by atoms with van der Waals surface area (Å²) in [5.74, 6) is -0.324. The molecular weight excluding hydrogens is 237 g/mol. The van der Waals surface area contributed by atoms with Gasteiger partial charge in [0.1, 0.15) is 17.1 Å². The van der Waals surface area contributed by atoms with Gasteiger partial charge in [-0.05, 0) is 31.2 Å². The van der Waals surface area contributed by atoms with Crippen molar-refractivity contribution in [1.82, 2.24) is 15.0 Å². The Hall–Kier alpha value is -2.08. The number of hydrogen-bond acceptors (Lipinski definition) is 4. The highest BCUT2D eigenvalue weighted by Gasteiger charge is 2.20. The summed E-state index contributed by atoms with van der Waals surface area (Å²) >= 11 is 0. The molecule has 1 aromatic carbocycles. The van der Waals surface area contributed by atoms with Crippen molar-refractivity contribution in [2.75, 3.05) is 0 Å². The first kappa shape index (κ1) is 12.4. The number of nitrogens with zero attached hydrogens (tertiary/aromatic N) is 3. The largest absolute Gasteiger partial charge is 0.381 e. The standard InChI is InChI=1S/C12H12FN3O2/c1-12(18,8-17)7-16-6-11(14-15-16)9-2-4-10(13)5-3-9/h2-6,8,18H,7H2,1H3/t12-/m0/s1. The Kier molecular flexibility index (Phi) is 3.20. The van der Waals surface area contributed by atoms with Gasteiger partial charge in [0.05, 0.1) is 12.7 Å². The van der Waals surface area contributed by atoms with Crippen molar-refractivity contribution >= 4 is 6.29 Å². The SMILES string of the molecule is C[C@@](O)(C=O)Cn1cc(-c2ccc(F)cc2)nn1. The molecule has 2 rings (SSSR count). The second-order valence-corrected chi connectivity index (χ2v) is 4.28. The lowest BCUT2D eigenvalue weighted by Crippen LogP contribution is -2.32. The van der Waals surface area contributed by atoms with E-state index >= 15 is 0 Å². The Morgan fingerprint density at radius 2 is 2.11 bits per heavy atom. The average Bonchev–Trinajstić information content (AvgIpc) is 2.78. The topological polar surface area (TPSA) is 68.0 Å². The molecule has 0 aliphatic rings. The number of hydrogen-bond donors (Lipinski definition) is 1. The zero-order valence-corrected chi connectivity index (χ0v) is 9.75. The molecule has 1 atom stereocenters. The molecule has 0 aliphatic heterocycles. The van der Waals surface area contributed by atoms with Crippen LogP contribution in [-0.4, -0.2) is 32.0 Å². The van der Waals surface area contributed by atoms with Crippen molar-refractivity contribution in [2.24, 2.45) is 0 Å². The Labute approximate surface area is 103 Å². The fraction of sp³-hybridized carbons (Fsp3) is 0.250. The number of aldehydes is 1. The lowest BCUT2D eigenvalue weighted by molar-refractivity contribution is -0.123. The van der Waals surface area contributed by atoms with Crippen LogP contribution in [-0.2, 0) is 11.3 Å². The zero-order valence-electron chi connectivity index (χ0n) is 9.75. The van der Waals surface area contributed by atoms with Gasteiger partial charge in [-0.25, -0.2) is 9.07 Å². The van der Waals surface area contributed by atoms with Gasteiger partial charge in [-0.15, -0.1) is 5.10 Å². The number of halogens is 1.